The lowest BCUT2D eigenvalue weighted by Crippen LogP contribution is -2.30. The Morgan fingerprint density at radius 2 is 0.629 bits per heavy atom. The highest BCUT2D eigenvalue weighted by Crippen LogP contribution is 2.16. The summed E-state index contributed by atoms with van der Waals surface area (Å²) in [6.45, 7) is 6.48. The fourth-order valence-corrected chi connectivity index (χ4v) is 7.61. The number of hydrogen-bond donors (Lipinski definition) is 0. The van der Waals surface area contributed by atoms with Crippen LogP contribution < -0.4 is 0 Å². The lowest BCUT2D eigenvalue weighted by Gasteiger charge is -2.18. The van der Waals surface area contributed by atoms with E-state index in [2.05, 4.69) is 69.4 Å². The first-order valence-electron chi connectivity index (χ1n) is 26.6. The molecule has 6 nitrogen and oxygen atoms in total. The molecule has 0 aliphatic rings. The summed E-state index contributed by atoms with van der Waals surface area (Å²) in [5.74, 6) is -0.873. The zero-order chi connectivity index (χ0) is 45.1. The second-order valence-electron chi connectivity index (χ2n) is 17.8. The van der Waals surface area contributed by atoms with Crippen LogP contribution in [0.15, 0.2) is 48.6 Å². The minimum Gasteiger partial charge on any atom is -0.462 e. The Kier molecular flexibility index (Phi) is 48.8. The second-order valence-corrected chi connectivity index (χ2v) is 17.8. The highest BCUT2D eigenvalue weighted by atomic mass is 16.6. The molecule has 0 aliphatic heterocycles. The lowest BCUT2D eigenvalue weighted by atomic mass is 10.0. The maximum Gasteiger partial charge on any atom is 0.306 e. The van der Waals surface area contributed by atoms with Gasteiger partial charge in [0, 0.05) is 19.3 Å². The molecule has 0 bridgehead atoms. The van der Waals surface area contributed by atoms with Crippen molar-refractivity contribution in [1.29, 1.82) is 0 Å². The van der Waals surface area contributed by atoms with Crippen LogP contribution >= 0.6 is 0 Å². The number of ether oxygens (including phenoxy) is 3. The van der Waals surface area contributed by atoms with Gasteiger partial charge in [0.25, 0.3) is 0 Å². The Labute approximate surface area is 384 Å². The first-order valence-corrected chi connectivity index (χ1v) is 26.6. The molecule has 0 fully saturated rings. The van der Waals surface area contributed by atoms with Crippen molar-refractivity contribution < 1.29 is 28.6 Å². The van der Waals surface area contributed by atoms with Crippen molar-refractivity contribution in [2.45, 2.75) is 277 Å². The predicted octanol–water partition coefficient (Wildman–Crippen LogP) is 17.5. The number of carbonyl (C=O) groups excluding carboxylic acids is 3. The van der Waals surface area contributed by atoms with E-state index in [0.717, 1.165) is 83.5 Å². The van der Waals surface area contributed by atoms with Crippen molar-refractivity contribution >= 4 is 17.9 Å². The Hall–Kier alpha value is -2.63. The summed E-state index contributed by atoms with van der Waals surface area (Å²) in [6, 6.07) is 0. The molecule has 0 heterocycles. The molecule has 0 aromatic rings. The number of rotatable bonds is 48. The number of esters is 3. The molecule has 0 amide bonds. The number of allylic oxidation sites excluding steroid dienone is 8. The van der Waals surface area contributed by atoms with Gasteiger partial charge in [0.05, 0.1) is 0 Å². The maximum absolute atomic E-state index is 12.7. The van der Waals surface area contributed by atoms with Gasteiger partial charge in [-0.05, 0) is 57.8 Å². The zero-order valence-corrected chi connectivity index (χ0v) is 41.1. The molecule has 0 aromatic carbocycles. The normalized spacial score (nSPS) is 12.4. The summed E-state index contributed by atoms with van der Waals surface area (Å²) < 4.78 is 16.7. The van der Waals surface area contributed by atoms with Crippen LogP contribution in [0, 0.1) is 0 Å². The summed E-state index contributed by atoms with van der Waals surface area (Å²) in [4.78, 5) is 37.7. The van der Waals surface area contributed by atoms with E-state index in [4.69, 9.17) is 14.2 Å². The maximum atomic E-state index is 12.7. The smallest absolute Gasteiger partial charge is 0.306 e. The molecule has 0 aliphatic carbocycles. The fourth-order valence-electron chi connectivity index (χ4n) is 7.61. The Morgan fingerprint density at radius 3 is 0.984 bits per heavy atom. The lowest BCUT2D eigenvalue weighted by molar-refractivity contribution is -0.167. The van der Waals surface area contributed by atoms with Crippen LogP contribution in [0.25, 0.3) is 0 Å². The molecule has 1 unspecified atom stereocenters. The summed E-state index contributed by atoms with van der Waals surface area (Å²) in [6.07, 6.45) is 61.3. The van der Waals surface area contributed by atoms with Gasteiger partial charge in [-0.2, -0.15) is 0 Å². The first-order chi connectivity index (χ1) is 30.5. The molecule has 360 valence electrons. The Bertz CT molecular complexity index is 1090. The molecule has 1 atom stereocenters. The minimum absolute atomic E-state index is 0.0705. The van der Waals surface area contributed by atoms with Crippen LogP contribution in [-0.2, 0) is 28.6 Å². The topological polar surface area (TPSA) is 78.9 Å². The van der Waals surface area contributed by atoms with Crippen molar-refractivity contribution in [2.24, 2.45) is 0 Å². The fraction of sp³-hybridized carbons (Fsp3) is 0.804. The molecule has 0 radical (unpaired) electrons. The van der Waals surface area contributed by atoms with Gasteiger partial charge in [-0.15, -0.1) is 0 Å². The second kappa shape index (κ2) is 51.0. The largest absolute Gasteiger partial charge is 0.462 e. The number of hydrogen-bond acceptors (Lipinski definition) is 6. The summed E-state index contributed by atoms with van der Waals surface area (Å²) in [7, 11) is 0. The Morgan fingerprint density at radius 1 is 0.339 bits per heavy atom. The van der Waals surface area contributed by atoms with Crippen LogP contribution in [0.1, 0.15) is 271 Å². The molecule has 0 rings (SSSR count). The average Bonchev–Trinajstić information content (AvgIpc) is 3.27. The van der Waals surface area contributed by atoms with Crippen molar-refractivity contribution in [2.75, 3.05) is 13.2 Å². The molecule has 0 saturated heterocycles. The molecule has 0 spiro atoms. The van der Waals surface area contributed by atoms with Crippen LogP contribution in [0.2, 0.25) is 0 Å². The van der Waals surface area contributed by atoms with E-state index in [1.54, 1.807) is 0 Å². The molecule has 62 heavy (non-hydrogen) atoms. The van der Waals surface area contributed by atoms with E-state index in [-0.39, 0.29) is 31.1 Å². The average molecular weight is 869 g/mol. The van der Waals surface area contributed by atoms with E-state index in [0.29, 0.717) is 19.3 Å². The summed E-state index contributed by atoms with van der Waals surface area (Å²) in [5.41, 5.74) is 0. The summed E-state index contributed by atoms with van der Waals surface area (Å²) in [5, 5.41) is 0. The van der Waals surface area contributed by atoms with Gasteiger partial charge >= 0.3 is 17.9 Å². The third-order valence-electron chi connectivity index (χ3n) is 11.6. The van der Waals surface area contributed by atoms with Gasteiger partial charge in [-0.3, -0.25) is 14.4 Å². The minimum atomic E-state index is -0.766. The van der Waals surface area contributed by atoms with Gasteiger partial charge in [0.2, 0.25) is 0 Å². The van der Waals surface area contributed by atoms with Gasteiger partial charge < -0.3 is 14.2 Å². The monoisotopic (exact) mass is 869 g/mol. The number of carbonyl (C=O) groups is 3. The molecular weight excluding hydrogens is 769 g/mol. The molecule has 0 aromatic heterocycles. The highest BCUT2D eigenvalue weighted by molar-refractivity contribution is 5.71. The van der Waals surface area contributed by atoms with Gasteiger partial charge in [-0.25, -0.2) is 0 Å². The van der Waals surface area contributed by atoms with Gasteiger partial charge in [0.15, 0.2) is 6.10 Å². The zero-order valence-electron chi connectivity index (χ0n) is 41.1. The third kappa shape index (κ3) is 48.4. The highest BCUT2D eigenvalue weighted by Gasteiger charge is 2.19. The first kappa shape index (κ1) is 59.4. The van der Waals surface area contributed by atoms with E-state index in [1.807, 2.05) is 0 Å². The Balaban J connectivity index is 4.09. The standard InChI is InChI=1S/C56H100O6/c1-4-7-10-13-16-18-20-22-23-24-25-26-27-28-29-30-31-32-33-35-36-38-40-43-46-49-55(58)61-52-53(51-60-54(57)48-45-42-15-12-9-6-3)62-56(59)50-47-44-41-39-37-34-21-19-17-14-11-8-5-2/h7,10,16,18,22-23,25-26,53H,4-6,8-9,11-15,17,19-21,24,27-52H2,1-3H3/b10-7-,18-16-,23-22-,26-25-. The van der Waals surface area contributed by atoms with Crippen LogP contribution in [0.5, 0.6) is 0 Å². The van der Waals surface area contributed by atoms with Gasteiger partial charge in [0.1, 0.15) is 13.2 Å². The van der Waals surface area contributed by atoms with Crippen molar-refractivity contribution in [3.63, 3.8) is 0 Å². The third-order valence-corrected chi connectivity index (χ3v) is 11.6. The van der Waals surface area contributed by atoms with E-state index < -0.39 is 6.10 Å². The van der Waals surface area contributed by atoms with Crippen molar-refractivity contribution in [3.05, 3.63) is 48.6 Å². The van der Waals surface area contributed by atoms with Gasteiger partial charge in [-0.1, -0.05) is 243 Å². The van der Waals surface area contributed by atoms with Crippen LogP contribution in [0.3, 0.4) is 0 Å². The van der Waals surface area contributed by atoms with E-state index in [1.165, 1.54) is 148 Å². The SMILES string of the molecule is CC/C=C\C/C=C\C/C=C\C/C=C\CCCCCCCCCCCCCCC(=O)OCC(COC(=O)CCCCCCCC)OC(=O)CCCCCCCCCCCCCCC. The predicted molar refractivity (Wildman–Crippen MR) is 265 cm³/mol. The molecular formula is C56H100O6. The van der Waals surface area contributed by atoms with E-state index >= 15 is 0 Å². The molecule has 0 saturated carbocycles. The molecule has 6 heteroatoms. The van der Waals surface area contributed by atoms with Crippen LogP contribution in [0.4, 0.5) is 0 Å². The number of unbranched alkanes of at least 4 members (excludes halogenated alkanes) is 29. The molecule has 0 N–H and O–H groups in total. The quantitative estimate of drug-likeness (QED) is 0.0262. The van der Waals surface area contributed by atoms with Crippen molar-refractivity contribution in [3.8, 4) is 0 Å². The van der Waals surface area contributed by atoms with Crippen LogP contribution in [-0.4, -0.2) is 37.2 Å². The van der Waals surface area contributed by atoms with Crippen molar-refractivity contribution in [1.82, 2.24) is 0 Å². The summed E-state index contributed by atoms with van der Waals surface area (Å²) >= 11 is 0. The van der Waals surface area contributed by atoms with E-state index in [9.17, 15) is 14.4 Å².